The Kier molecular flexibility index (Phi) is 3.99. The average Bonchev–Trinajstić information content (AvgIpc) is 2.82. The first kappa shape index (κ1) is 12.6. The van der Waals surface area contributed by atoms with Crippen LogP contribution in [0, 0.1) is 0 Å². The fourth-order valence-electron chi connectivity index (χ4n) is 1.91. The summed E-state index contributed by atoms with van der Waals surface area (Å²) >= 11 is 0. The first-order valence-electron chi connectivity index (χ1n) is 6.17. The topological polar surface area (TPSA) is 53.1 Å². The minimum atomic E-state index is -0.217. The molecule has 4 heteroatoms. The van der Waals surface area contributed by atoms with Gasteiger partial charge in [-0.3, -0.25) is 0 Å². The summed E-state index contributed by atoms with van der Waals surface area (Å²) in [4.78, 5) is 4.10. The Labute approximate surface area is 107 Å². The summed E-state index contributed by atoms with van der Waals surface area (Å²) in [5.41, 5.74) is 8.26. The molecule has 0 spiro atoms. The minimum absolute atomic E-state index is 0.217. The Balaban J connectivity index is 2.30. The maximum Gasteiger partial charge on any atom is 0.124 e. The van der Waals surface area contributed by atoms with Gasteiger partial charge in [-0.1, -0.05) is 25.1 Å². The molecular formula is C14H19N3O. The van der Waals surface area contributed by atoms with Crippen molar-refractivity contribution in [2.45, 2.75) is 19.4 Å². The molecule has 2 N–H and O–H groups in total. The van der Waals surface area contributed by atoms with Crippen LogP contribution in [-0.2, 0) is 7.05 Å². The lowest BCUT2D eigenvalue weighted by Crippen LogP contribution is -2.16. The third-order valence-electron chi connectivity index (χ3n) is 2.89. The highest BCUT2D eigenvalue weighted by Crippen LogP contribution is 2.27. The van der Waals surface area contributed by atoms with E-state index in [2.05, 4.69) is 11.9 Å². The molecule has 1 unspecified atom stereocenters. The second kappa shape index (κ2) is 5.69. The van der Waals surface area contributed by atoms with Gasteiger partial charge in [-0.05, 0) is 12.5 Å². The molecule has 0 saturated carbocycles. The van der Waals surface area contributed by atoms with Crippen LogP contribution < -0.4 is 10.5 Å². The van der Waals surface area contributed by atoms with E-state index in [-0.39, 0.29) is 6.04 Å². The molecule has 0 aliphatic rings. The predicted molar refractivity (Wildman–Crippen MR) is 71.5 cm³/mol. The van der Waals surface area contributed by atoms with E-state index in [1.54, 1.807) is 12.5 Å². The number of imidazole rings is 1. The Morgan fingerprint density at radius 3 is 2.83 bits per heavy atom. The van der Waals surface area contributed by atoms with E-state index in [0.29, 0.717) is 6.61 Å². The summed E-state index contributed by atoms with van der Waals surface area (Å²) in [6.45, 7) is 2.79. The van der Waals surface area contributed by atoms with Crippen LogP contribution in [0.4, 0.5) is 0 Å². The lowest BCUT2D eigenvalue weighted by atomic mass is 10.0. The zero-order valence-electron chi connectivity index (χ0n) is 10.8. The summed E-state index contributed by atoms with van der Waals surface area (Å²) in [6, 6.07) is 7.68. The molecule has 1 atom stereocenters. The van der Waals surface area contributed by atoms with Crippen LogP contribution in [0.15, 0.2) is 36.8 Å². The van der Waals surface area contributed by atoms with E-state index in [9.17, 15) is 0 Å². The van der Waals surface area contributed by atoms with Gasteiger partial charge < -0.3 is 15.0 Å². The van der Waals surface area contributed by atoms with Gasteiger partial charge in [0, 0.05) is 12.6 Å². The summed E-state index contributed by atoms with van der Waals surface area (Å²) < 4.78 is 7.67. The van der Waals surface area contributed by atoms with Gasteiger partial charge in [0.2, 0.25) is 0 Å². The minimum Gasteiger partial charge on any atom is -0.493 e. The van der Waals surface area contributed by atoms with Crippen molar-refractivity contribution < 1.29 is 4.74 Å². The molecule has 0 fully saturated rings. The number of hydrogen-bond donors (Lipinski definition) is 1. The van der Waals surface area contributed by atoms with Gasteiger partial charge in [0.15, 0.2) is 0 Å². The quantitative estimate of drug-likeness (QED) is 0.879. The third-order valence-corrected chi connectivity index (χ3v) is 2.89. The molecule has 0 aliphatic carbocycles. The fraction of sp³-hybridized carbons (Fsp3) is 0.357. The molecule has 18 heavy (non-hydrogen) atoms. The smallest absolute Gasteiger partial charge is 0.124 e. The van der Waals surface area contributed by atoms with Crippen molar-refractivity contribution >= 4 is 0 Å². The van der Waals surface area contributed by atoms with Crippen LogP contribution in [0.25, 0.3) is 0 Å². The van der Waals surface area contributed by atoms with E-state index in [1.807, 2.05) is 35.9 Å². The zero-order valence-corrected chi connectivity index (χ0v) is 10.8. The average molecular weight is 245 g/mol. The molecule has 0 amide bonds. The van der Waals surface area contributed by atoms with Gasteiger partial charge in [-0.2, -0.15) is 0 Å². The van der Waals surface area contributed by atoms with Crippen molar-refractivity contribution in [2.75, 3.05) is 6.61 Å². The lowest BCUT2D eigenvalue weighted by Gasteiger charge is -2.17. The van der Waals surface area contributed by atoms with Crippen molar-refractivity contribution in [2.24, 2.45) is 12.8 Å². The maximum atomic E-state index is 6.29. The second-order valence-electron chi connectivity index (χ2n) is 4.29. The van der Waals surface area contributed by atoms with E-state index in [0.717, 1.165) is 23.4 Å². The monoisotopic (exact) mass is 245 g/mol. The Bertz CT molecular complexity index is 507. The molecule has 2 aromatic rings. The van der Waals surface area contributed by atoms with E-state index >= 15 is 0 Å². The number of para-hydroxylation sites is 1. The molecule has 0 saturated heterocycles. The largest absolute Gasteiger partial charge is 0.493 e. The van der Waals surface area contributed by atoms with Gasteiger partial charge in [0.1, 0.15) is 5.75 Å². The number of hydrogen-bond acceptors (Lipinski definition) is 3. The lowest BCUT2D eigenvalue weighted by molar-refractivity contribution is 0.313. The number of aromatic nitrogens is 2. The molecule has 4 nitrogen and oxygen atoms in total. The first-order valence-corrected chi connectivity index (χ1v) is 6.17. The van der Waals surface area contributed by atoms with Crippen molar-refractivity contribution in [3.05, 3.63) is 48.0 Å². The van der Waals surface area contributed by atoms with Crippen LogP contribution in [0.2, 0.25) is 0 Å². The highest BCUT2D eigenvalue weighted by atomic mass is 16.5. The second-order valence-corrected chi connectivity index (χ2v) is 4.29. The van der Waals surface area contributed by atoms with Gasteiger partial charge in [-0.25, -0.2) is 4.98 Å². The number of ether oxygens (including phenoxy) is 1. The van der Waals surface area contributed by atoms with Gasteiger partial charge in [0.25, 0.3) is 0 Å². The van der Waals surface area contributed by atoms with E-state index in [4.69, 9.17) is 10.5 Å². The van der Waals surface area contributed by atoms with E-state index < -0.39 is 0 Å². The van der Waals surface area contributed by atoms with Crippen LogP contribution in [-0.4, -0.2) is 16.2 Å². The SMILES string of the molecule is CCCOc1ccccc1C(N)c1cncn1C. The Morgan fingerprint density at radius 2 is 2.17 bits per heavy atom. The Hall–Kier alpha value is -1.81. The van der Waals surface area contributed by atoms with Crippen LogP contribution in [0.1, 0.15) is 30.6 Å². The summed E-state index contributed by atoms with van der Waals surface area (Å²) in [5.74, 6) is 0.855. The molecule has 0 aliphatic heterocycles. The van der Waals surface area contributed by atoms with Gasteiger partial charge >= 0.3 is 0 Å². The van der Waals surface area contributed by atoms with Crippen molar-refractivity contribution in [3.63, 3.8) is 0 Å². The van der Waals surface area contributed by atoms with Gasteiger partial charge in [0.05, 0.1) is 30.9 Å². The predicted octanol–water partition coefficient (Wildman–Crippen LogP) is 2.26. The molecule has 1 aromatic heterocycles. The van der Waals surface area contributed by atoms with Crippen molar-refractivity contribution in [1.82, 2.24) is 9.55 Å². The summed E-state index contributed by atoms with van der Waals surface area (Å²) in [5, 5.41) is 0. The molecule has 1 heterocycles. The van der Waals surface area contributed by atoms with E-state index in [1.165, 1.54) is 0 Å². The standard InChI is InChI=1S/C14H19N3O/c1-3-8-18-13-7-5-4-6-11(13)14(15)12-9-16-10-17(12)2/h4-7,9-10,14H,3,8,15H2,1-2H3. The van der Waals surface area contributed by atoms with Gasteiger partial charge in [-0.15, -0.1) is 0 Å². The Morgan fingerprint density at radius 1 is 1.39 bits per heavy atom. The summed E-state index contributed by atoms with van der Waals surface area (Å²) in [7, 11) is 1.94. The zero-order chi connectivity index (χ0) is 13.0. The third kappa shape index (κ3) is 2.54. The highest BCUT2D eigenvalue weighted by molar-refractivity contribution is 5.39. The molecule has 96 valence electrons. The normalized spacial score (nSPS) is 12.4. The number of nitrogens with two attached hydrogens (primary N) is 1. The molecule has 0 bridgehead atoms. The fourth-order valence-corrected chi connectivity index (χ4v) is 1.91. The maximum absolute atomic E-state index is 6.29. The van der Waals surface area contributed by atoms with Crippen molar-refractivity contribution in [1.29, 1.82) is 0 Å². The molecular weight excluding hydrogens is 226 g/mol. The highest BCUT2D eigenvalue weighted by Gasteiger charge is 2.16. The number of rotatable bonds is 5. The van der Waals surface area contributed by atoms with Crippen LogP contribution in [0.3, 0.4) is 0 Å². The van der Waals surface area contributed by atoms with Crippen LogP contribution >= 0.6 is 0 Å². The van der Waals surface area contributed by atoms with Crippen molar-refractivity contribution in [3.8, 4) is 5.75 Å². The number of aryl methyl sites for hydroxylation is 1. The number of nitrogens with zero attached hydrogens (tertiary/aromatic N) is 2. The number of benzene rings is 1. The molecule has 0 radical (unpaired) electrons. The molecule has 1 aromatic carbocycles. The van der Waals surface area contributed by atoms with Crippen LogP contribution in [0.5, 0.6) is 5.75 Å². The molecule has 2 rings (SSSR count). The first-order chi connectivity index (χ1) is 8.74. The summed E-state index contributed by atoms with van der Waals surface area (Å²) in [6.07, 6.45) is 4.53.